The number of hydrogen-bond acceptors (Lipinski definition) is 4. The normalized spacial score (nSPS) is 11.0. The molecule has 0 spiro atoms. The number of halogens is 3. The van der Waals surface area contributed by atoms with Gasteiger partial charge in [-0.25, -0.2) is 4.98 Å². The number of alkyl halides is 3. The number of pyridine rings is 1. The van der Waals surface area contributed by atoms with Crippen LogP contribution in [0.2, 0.25) is 0 Å². The molecule has 0 unspecified atom stereocenters. The molecule has 2 aromatic rings. The van der Waals surface area contributed by atoms with E-state index in [-0.39, 0.29) is 16.5 Å². The second kappa shape index (κ2) is 7.57. The van der Waals surface area contributed by atoms with Crippen molar-refractivity contribution in [3.05, 3.63) is 52.7 Å². The monoisotopic (exact) mass is 365 g/mol. The molecule has 0 aliphatic carbocycles. The number of anilines is 1. The number of nitrogens with zero attached hydrogens (tertiary/aromatic N) is 2. The maximum atomic E-state index is 13.0. The first-order valence-electron chi connectivity index (χ1n) is 7.19. The first kappa shape index (κ1) is 18.8. The highest BCUT2D eigenvalue weighted by molar-refractivity contribution is 8.00. The van der Waals surface area contributed by atoms with Crippen molar-refractivity contribution in [1.29, 1.82) is 5.26 Å². The van der Waals surface area contributed by atoms with Crippen LogP contribution in [0.1, 0.15) is 22.4 Å². The third-order valence-electron chi connectivity index (χ3n) is 3.21. The molecule has 1 N–H and O–H groups in total. The van der Waals surface area contributed by atoms with Crippen molar-refractivity contribution in [2.45, 2.75) is 25.0 Å². The van der Waals surface area contributed by atoms with E-state index in [9.17, 15) is 18.0 Å². The Balaban J connectivity index is 2.15. The van der Waals surface area contributed by atoms with Gasteiger partial charge in [0.2, 0.25) is 5.91 Å². The summed E-state index contributed by atoms with van der Waals surface area (Å²) in [7, 11) is 0. The van der Waals surface area contributed by atoms with Gasteiger partial charge in [0.25, 0.3) is 0 Å². The second-order valence-corrected chi connectivity index (χ2v) is 6.27. The lowest BCUT2D eigenvalue weighted by molar-refractivity contribution is -0.138. The summed E-state index contributed by atoms with van der Waals surface area (Å²) in [5.41, 5.74) is 0.155. The maximum Gasteiger partial charge on any atom is 0.417 e. The number of carbonyl (C=O) groups excluding carboxylic acids is 1. The molecule has 0 radical (unpaired) electrons. The Kier molecular flexibility index (Phi) is 5.69. The molecule has 0 bridgehead atoms. The van der Waals surface area contributed by atoms with Crippen LogP contribution in [0.3, 0.4) is 0 Å². The molecule has 4 nitrogen and oxygen atoms in total. The van der Waals surface area contributed by atoms with Gasteiger partial charge in [0.15, 0.2) is 0 Å². The molecule has 1 heterocycles. The Morgan fingerprint density at radius 2 is 1.92 bits per heavy atom. The number of benzene rings is 1. The molecule has 8 heteroatoms. The van der Waals surface area contributed by atoms with Gasteiger partial charge in [0, 0.05) is 11.4 Å². The average Bonchev–Trinajstić information content (AvgIpc) is 2.53. The molecule has 0 fully saturated rings. The van der Waals surface area contributed by atoms with Crippen molar-refractivity contribution in [3.8, 4) is 6.07 Å². The van der Waals surface area contributed by atoms with Crippen LogP contribution in [0, 0.1) is 25.2 Å². The maximum absolute atomic E-state index is 13.0. The summed E-state index contributed by atoms with van der Waals surface area (Å²) in [6, 6.07) is 9.48. The molecular formula is C17H14F3N3OS. The standard InChI is InChI=1S/C17H14F3N3OS/c1-10-3-5-12(6-4-10)23-15(24)9-25-16-13(8-21)14(17(18,19)20)7-11(2)22-16/h3-7H,9H2,1-2H3,(H,23,24). The predicted molar refractivity (Wildman–Crippen MR) is 89.2 cm³/mol. The number of thioether (sulfide) groups is 1. The average molecular weight is 365 g/mol. The molecule has 0 saturated heterocycles. The van der Waals surface area contributed by atoms with Crippen molar-refractivity contribution >= 4 is 23.4 Å². The lowest BCUT2D eigenvalue weighted by atomic mass is 10.1. The van der Waals surface area contributed by atoms with E-state index in [1.807, 2.05) is 19.1 Å². The number of hydrogen-bond donors (Lipinski definition) is 1. The Morgan fingerprint density at radius 3 is 2.48 bits per heavy atom. The molecule has 0 aliphatic heterocycles. The number of nitrogens with one attached hydrogen (secondary N) is 1. The van der Waals surface area contributed by atoms with Crippen LogP contribution < -0.4 is 5.32 Å². The van der Waals surface area contributed by atoms with Crippen molar-refractivity contribution < 1.29 is 18.0 Å². The minimum atomic E-state index is -4.65. The highest BCUT2D eigenvalue weighted by Gasteiger charge is 2.35. The first-order chi connectivity index (χ1) is 11.7. The van der Waals surface area contributed by atoms with Crippen LogP contribution in [-0.4, -0.2) is 16.6 Å². The number of nitriles is 1. The van der Waals surface area contributed by atoms with E-state index in [1.54, 1.807) is 18.2 Å². The van der Waals surface area contributed by atoms with Gasteiger partial charge in [-0.05, 0) is 32.0 Å². The second-order valence-electron chi connectivity index (χ2n) is 5.30. The molecule has 130 valence electrons. The minimum Gasteiger partial charge on any atom is -0.325 e. The van der Waals surface area contributed by atoms with Gasteiger partial charge in [-0.3, -0.25) is 4.79 Å². The topological polar surface area (TPSA) is 65.8 Å². The van der Waals surface area contributed by atoms with E-state index < -0.39 is 23.2 Å². The van der Waals surface area contributed by atoms with E-state index in [0.29, 0.717) is 5.69 Å². The van der Waals surface area contributed by atoms with E-state index in [0.717, 1.165) is 23.4 Å². The van der Waals surface area contributed by atoms with Gasteiger partial charge in [-0.1, -0.05) is 29.5 Å². The predicted octanol–water partition coefficient (Wildman–Crippen LogP) is 4.32. The van der Waals surface area contributed by atoms with E-state index in [4.69, 9.17) is 5.26 Å². The first-order valence-corrected chi connectivity index (χ1v) is 8.17. The molecule has 0 aliphatic rings. The van der Waals surface area contributed by atoms with Crippen LogP contribution in [0.25, 0.3) is 0 Å². The quantitative estimate of drug-likeness (QED) is 0.820. The summed E-state index contributed by atoms with van der Waals surface area (Å²) in [5.74, 6) is -0.550. The number of carbonyl (C=O) groups is 1. The molecule has 0 atom stereocenters. The number of aryl methyl sites for hydroxylation is 2. The number of amides is 1. The highest BCUT2D eigenvalue weighted by atomic mass is 32.2. The Bertz CT molecular complexity index is 827. The molecule has 1 amide bonds. The van der Waals surface area contributed by atoms with Gasteiger partial charge in [0.1, 0.15) is 11.1 Å². The minimum absolute atomic E-state index is 0.103. The van der Waals surface area contributed by atoms with Crippen molar-refractivity contribution in [1.82, 2.24) is 4.98 Å². The van der Waals surface area contributed by atoms with Gasteiger partial charge >= 0.3 is 6.18 Å². The lowest BCUT2D eigenvalue weighted by Gasteiger charge is -2.12. The van der Waals surface area contributed by atoms with Gasteiger partial charge in [-0.2, -0.15) is 18.4 Å². The lowest BCUT2D eigenvalue weighted by Crippen LogP contribution is -2.15. The van der Waals surface area contributed by atoms with Crippen LogP contribution in [0.5, 0.6) is 0 Å². The zero-order chi connectivity index (χ0) is 18.6. The summed E-state index contributed by atoms with van der Waals surface area (Å²) in [5, 5.41) is 11.6. The largest absolute Gasteiger partial charge is 0.417 e. The van der Waals surface area contributed by atoms with Gasteiger partial charge < -0.3 is 5.32 Å². The highest BCUT2D eigenvalue weighted by Crippen LogP contribution is 2.35. The fourth-order valence-electron chi connectivity index (χ4n) is 2.05. The van der Waals surface area contributed by atoms with Crippen molar-refractivity contribution in [3.63, 3.8) is 0 Å². The van der Waals surface area contributed by atoms with E-state index in [2.05, 4.69) is 10.3 Å². The third kappa shape index (κ3) is 4.97. The van der Waals surface area contributed by atoms with Crippen molar-refractivity contribution in [2.24, 2.45) is 0 Å². The Hall–Kier alpha value is -2.53. The fourth-order valence-corrected chi connectivity index (χ4v) is 2.90. The molecule has 25 heavy (non-hydrogen) atoms. The zero-order valence-corrected chi connectivity index (χ0v) is 14.3. The Labute approximate surface area is 147 Å². The zero-order valence-electron chi connectivity index (χ0n) is 13.4. The van der Waals surface area contributed by atoms with Gasteiger partial charge in [-0.15, -0.1) is 0 Å². The summed E-state index contributed by atoms with van der Waals surface area (Å²) < 4.78 is 39.1. The summed E-state index contributed by atoms with van der Waals surface area (Å²) in [6.45, 7) is 3.32. The number of rotatable bonds is 4. The molecule has 1 aromatic carbocycles. The number of aromatic nitrogens is 1. The SMILES string of the molecule is Cc1ccc(NC(=O)CSc2nc(C)cc(C(F)(F)F)c2C#N)cc1. The van der Waals surface area contributed by atoms with Crippen molar-refractivity contribution in [2.75, 3.05) is 11.1 Å². The van der Waals surface area contributed by atoms with Crippen LogP contribution in [-0.2, 0) is 11.0 Å². The molecular weight excluding hydrogens is 351 g/mol. The third-order valence-corrected chi connectivity index (χ3v) is 4.18. The van der Waals surface area contributed by atoms with Crippen LogP contribution >= 0.6 is 11.8 Å². The molecule has 0 saturated carbocycles. The fraction of sp³-hybridized carbons (Fsp3) is 0.235. The molecule has 1 aromatic heterocycles. The van der Waals surface area contributed by atoms with E-state index >= 15 is 0 Å². The summed E-state index contributed by atoms with van der Waals surface area (Å²) in [6.07, 6.45) is -4.65. The molecule has 2 rings (SSSR count). The van der Waals surface area contributed by atoms with Crippen LogP contribution in [0.15, 0.2) is 35.4 Å². The van der Waals surface area contributed by atoms with Gasteiger partial charge in [0.05, 0.1) is 16.9 Å². The summed E-state index contributed by atoms with van der Waals surface area (Å²) in [4.78, 5) is 15.9. The Morgan fingerprint density at radius 1 is 1.28 bits per heavy atom. The van der Waals surface area contributed by atoms with Crippen LogP contribution in [0.4, 0.5) is 18.9 Å². The van der Waals surface area contributed by atoms with E-state index in [1.165, 1.54) is 6.92 Å². The summed E-state index contributed by atoms with van der Waals surface area (Å²) >= 11 is 0.801. The smallest absolute Gasteiger partial charge is 0.325 e.